The van der Waals surface area contributed by atoms with Crippen LogP contribution in [0.1, 0.15) is 24.0 Å². The Morgan fingerprint density at radius 1 is 1.41 bits per heavy atom. The zero-order valence-electron chi connectivity index (χ0n) is 9.98. The molecule has 4 heteroatoms. The van der Waals surface area contributed by atoms with E-state index >= 15 is 0 Å². The molecular formula is C13H17NO3. The van der Waals surface area contributed by atoms with Gasteiger partial charge in [-0.3, -0.25) is 9.69 Å². The van der Waals surface area contributed by atoms with Crippen LogP contribution in [0.3, 0.4) is 0 Å². The van der Waals surface area contributed by atoms with Gasteiger partial charge in [-0.25, -0.2) is 0 Å². The molecule has 0 fully saturated rings. The molecule has 1 aromatic rings. The van der Waals surface area contributed by atoms with Gasteiger partial charge in [-0.05, 0) is 36.2 Å². The third-order valence-electron chi connectivity index (χ3n) is 3.07. The second kappa shape index (κ2) is 5.19. The van der Waals surface area contributed by atoms with Crippen molar-refractivity contribution in [3.63, 3.8) is 0 Å². The number of aliphatic carboxylic acids is 1. The molecule has 1 aliphatic heterocycles. The van der Waals surface area contributed by atoms with Gasteiger partial charge in [0.15, 0.2) is 0 Å². The summed E-state index contributed by atoms with van der Waals surface area (Å²) in [5.74, 6) is 0.166. The third-order valence-corrected chi connectivity index (χ3v) is 3.07. The molecule has 0 saturated carbocycles. The Labute approximate surface area is 101 Å². The summed E-state index contributed by atoms with van der Waals surface area (Å²) in [5, 5.41) is 8.59. The Hall–Kier alpha value is -1.55. The van der Waals surface area contributed by atoms with Gasteiger partial charge < -0.3 is 9.84 Å². The minimum atomic E-state index is -0.719. The molecule has 0 radical (unpaired) electrons. The standard InChI is InChI=1S/C13H17NO3/c1-17-12-5-4-10-8-14(9-11(10)7-12)6-2-3-13(15)16/h4-5,7H,2-3,6,8-9H2,1H3,(H,15,16). The maximum Gasteiger partial charge on any atom is 0.303 e. The van der Waals surface area contributed by atoms with Gasteiger partial charge in [-0.15, -0.1) is 0 Å². The second-order valence-corrected chi connectivity index (χ2v) is 4.34. The molecular weight excluding hydrogens is 218 g/mol. The lowest BCUT2D eigenvalue weighted by molar-refractivity contribution is -0.137. The van der Waals surface area contributed by atoms with Crippen LogP contribution < -0.4 is 4.74 Å². The molecule has 0 aromatic heterocycles. The molecule has 0 spiro atoms. The van der Waals surface area contributed by atoms with Crippen LogP contribution in [0.15, 0.2) is 18.2 Å². The molecule has 2 rings (SSSR count). The number of carboxylic acid groups (broad SMARTS) is 1. The van der Waals surface area contributed by atoms with Crippen molar-refractivity contribution < 1.29 is 14.6 Å². The van der Waals surface area contributed by atoms with Crippen molar-refractivity contribution >= 4 is 5.97 Å². The van der Waals surface area contributed by atoms with E-state index in [4.69, 9.17) is 9.84 Å². The Kier molecular flexibility index (Phi) is 3.64. The predicted molar refractivity (Wildman–Crippen MR) is 64.0 cm³/mol. The van der Waals surface area contributed by atoms with Crippen molar-refractivity contribution in [2.45, 2.75) is 25.9 Å². The van der Waals surface area contributed by atoms with Gasteiger partial charge in [0.25, 0.3) is 0 Å². The predicted octanol–water partition coefficient (Wildman–Crippen LogP) is 1.88. The first-order valence-corrected chi connectivity index (χ1v) is 5.79. The number of ether oxygens (including phenoxy) is 1. The molecule has 92 valence electrons. The van der Waals surface area contributed by atoms with Gasteiger partial charge >= 0.3 is 5.97 Å². The van der Waals surface area contributed by atoms with Crippen LogP contribution in [0, 0.1) is 0 Å². The van der Waals surface area contributed by atoms with Crippen LogP contribution >= 0.6 is 0 Å². The van der Waals surface area contributed by atoms with Crippen molar-refractivity contribution in [2.24, 2.45) is 0 Å². The second-order valence-electron chi connectivity index (χ2n) is 4.34. The summed E-state index contributed by atoms with van der Waals surface area (Å²) in [6.07, 6.45) is 0.955. The number of rotatable bonds is 5. The Balaban J connectivity index is 1.90. The van der Waals surface area contributed by atoms with E-state index in [1.165, 1.54) is 11.1 Å². The summed E-state index contributed by atoms with van der Waals surface area (Å²) in [6, 6.07) is 6.12. The monoisotopic (exact) mass is 235 g/mol. The van der Waals surface area contributed by atoms with E-state index in [2.05, 4.69) is 17.0 Å². The molecule has 4 nitrogen and oxygen atoms in total. The lowest BCUT2D eigenvalue weighted by atomic mass is 10.1. The average Bonchev–Trinajstić information content (AvgIpc) is 2.69. The molecule has 0 aliphatic carbocycles. The quantitative estimate of drug-likeness (QED) is 0.846. The van der Waals surface area contributed by atoms with Gasteiger partial charge in [0.2, 0.25) is 0 Å². The summed E-state index contributed by atoms with van der Waals surface area (Å²) in [5.41, 5.74) is 2.61. The van der Waals surface area contributed by atoms with Gasteiger partial charge in [-0.1, -0.05) is 6.07 Å². The lowest BCUT2D eigenvalue weighted by Crippen LogP contribution is -2.18. The van der Waals surface area contributed by atoms with Crippen LogP contribution in [-0.4, -0.2) is 29.6 Å². The number of carbonyl (C=O) groups is 1. The highest BCUT2D eigenvalue weighted by Crippen LogP contribution is 2.26. The minimum Gasteiger partial charge on any atom is -0.497 e. The summed E-state index contributed by atoms with van der Waals surface area (Å²) < 4.78 is 5.19. The van der Waals surface area contributed by atoms with E-state index in [1.54, 1.807) is 7.11 Å². The topological polar surface area (TPSA) is 49.8 Å². The van der Waals surface area contributed by atoms with Gasteiger partial charge in [0.05, 0.1) is 7.11 Å². The zero-order chi connectivity index (χ0) is 12.3. The highest BCUT2D eigenvalue weighted by Gasteiger charge is 2.18. The Morgan fingerprint density at radius 3 is 2.88 bits per heavy atom. The van der Waals surface area contributed by atoms with Crippen LogP contribution in [0.25, 0.3) is 0 Å². The van der Waals surface area contributed by atoms with E-state index in [-0.39, 0.29) is 6.42 Å². The fraction of sp³-hybridized carbons (Fsp3) is 0.462. The molecule has 0 atom stereocenters. The maximum atomic E-state index is 10.4. The SMILES string of the molecule is COc1ccc2c(c1)CN(CCCC(=O)O)C2. The minimum absolute atomic E-state index is 0.246. The largest absolute Gasteiger partial charge is 0.497 e. The Morgan fingerprint density at radius 2 is 2.18 bits per heavy atom. The van der Waals surface area contributed by atoms with Crippen molar-refractivity contribution in [1.82, 2.24) is 4.90 Å². The fourth-order valence-corrected chi connectivity index (χ4v) is 2.18. The number of fused-ring (bicyclic) bond motifs is 1. The number of benzene rings is 1. The molecule has 0 unspecified atom stereocenters. The van der Waals surface area contributed by atoms with Crippen molar-refractivity contribution in [2.75, 3.05) is 13.7 Å². The third kappa shape index (κ3) is 2.97. The van der Waals surface area contributed by atoms with E-state index in [1.807, 2.05) is 6.07 Å². The smallest absolute Gasteiger partial charge is 0.303 e. The van der Waals surface area contributed by atoms with E-state index in [0.717, 1.165) is 25.4 Å². The van der Waals surface area contributed by atoms with Crippen molar-refractivity contribution in [3.8, 4) is 5.75 Å². The summed E-state index contributed by atoms with van der Waals surface area (Å²) in [6.45, 7) is 2.65. The molecule has 1 aromatic carbocycles. The van der Waals surface area contributed by atoms with Crippen LogP contribution in [0.2, 0.25) is 0 Å². The molecule has 0 bridgehead atoms. The molecule has 0 amide bonds. The first-order valence-electron chi connectivity index (χ1n) is 5.79. The zero-order valence-corrected chi connectivity index (χ0v) is 9.98. The lowest BCUT2D eigenvalue weighted by Gasteiger charge is -2.13. The average molecular weight is 235 g/mol. The fourth-order valence-electron chi connectivity index (χ4n) is 2.18. The Bertz CT molecular complexity index is 417. The van der Waals surface area contributed by atoms with Crippen molar-refractivity contribution in [3.05, 3.63) is 29.3 Å². The summed E-state index contributed by atoms with van der Waals surface area (Å²) in [4.78, 5) is 12.7. The maximum absolute atomic E-state index is 10.4. The van der Waals surface area contributed by atoms with E-state index < -0.39 is 5.97 Å². The summed E-state index contributed by atoms with van der Waals surface area (Å²) in [7, 11) is 1.67. The van der Waals surface area contributed by atoms with Gasteiger partial charge in [-0.2, -0.15) is 0 Å². The number of methoxy groups -OCH3 is 1. The molecule has 0 saturated heterocycles. The van der Waals surface area contributed by atoms with Crippen molar-refractivity contribution in [1.29, 1.82) is 0 Å². The highest BCUT2D eigenvalue weighted by molar-refractivity contribution is 5.66. The van der Waals surface area contributed by atoms with E-state index in [9.17, 15) is 4.79 Å². The number of carboxylic acids is 1. The van der Waals surface area contributed by atoms with Crippen LogP contribution in [0.4, 0.5) is 0 Å². The molecule has 1 aliphatic rings. The molecule has 1 heterocycles. The normalized spacial score (nSPS) is 14.6. The number of hydrogen-bond donors (Lipinski definition) is 1. The van der Waals surface area contributed by atoms with Crippen LogP contribution in [0.5, 0.6) is 5.75 Å². The van der Waals surface area contributed by atoms with E-state index in [0.29, 0.717) is 6.42 Å². The molecule has 17 heavy (non-hydrogen) atoms. The number of hydrogen-bond acceptors (Lipinski definition) is 3. The molecule has 1 N–H and O–H groups in total. The van der Waals surface area contributed by atoms with Crippen LogP contribution in [-0.2, 0) is 17.9 Å². The summed E-state index contributed by atoms with van der Waals surface area (Å²) >= 11 is 0. The highest BCUT2D eigenvalue weighted by atomic mass is 16.5. The van der Waals surface area contributed by atoms with Gasteiger partial charge in [0, 0.05) is 19.5 Å². The number of nitrogens with zero attached hydrogens (tertiary/aromatic N) is 1. The first-order chi connectivity index (χ1) is 8.19. The first kappa shape index (κ1) is 11.9. The van der Waals surface area contributed by atoms with Gasteiger partial charge in [0.1, 0.15) is 5.75 Å².